The number of hydrogen-bond acceptors (Lipinski definition) is 8. The molecule has 0 aliphatic carbocycles. The Balaban J connectivity index is 1.63. The smallest absolute Gasteiger partial charge is 0.261 e. The van der Waals surface area contributed by atoms with Gasteiger partial charge in [0.25, 0.3) is 10.0 Å². The van der Waals surface area contributed by atoms with Gasteiger partial charge in [0, 0.05) is 37.9 Å². The highest BCUT2D eigenvalue weighted by atomic mass is 32.2. The Morgan fingerprint density at radius 1 is 0.947 bits per heavy atom. The predicted octanol–water partition coefficient (Wildman–Crippen LogP) is 2.33. The van der Waals surface area contributed by atoms with Crippen LogP contribution in [0.5, 0.6) is 0 Å². The molecule has 10 nitrogen and oxygen atoms in total. The average molecular weight is 555 g/mol. The van der Waals surface area contributed by atoms with Crippen LogP contribution in [0.2, 0.25) is 0 Å². The third-order valence-electron chi connectivity index (χ3n) is 6.24. The van der Waals surface area contributed by atoms with E-state index >= 15 is 0 Å². The number of aromatic nitrogens is 3. The minimum absolute atomic E-state index is 0.161. The van der Waals surface area contributed by atoms with Crippen LogP contribution in [-0.4, -0.2) is 68.5 Å². The van der Waals surface area contributed by atoms with Gasteiger partial charge in [-0.15, -0.1) is 0 Å². The monoisotopic (exact) mass is 554 g/mol. The molecule has 3 heterocycles. The average Bonchev–Trinajstić information content (AvgIpc) is 2.88. The summed E-state index contributed by atoms with van der Waals surface area (Å²) in [4.78, 5) is 15.4. The predicted molar refractivity (Wildman–Crippen MR) is 147 cm³/mol. The van der Waals surface area contributed by atoms with E-state index in [1.807, 2.05) is 18.7 Å². The number of pyridine rings is 1. The van der Waals surface area contributed by atoms with Gasteiger partial charge in [-0.3, -0.25) is 9.71 Å². The summed E-state index contributed by atoms with van der Waals surface area (Å²) in [5.74, 6) is 6.91. The quantitative estimate of drug-likeness (QED) is 0.461. The summed E-state index contributed by atoms with van der Waals surface area (Å²) >= 11 is 0. The second-order valence-electron chi connectivity index (χ2n) is 9.05. The van der Waals surface area contributed by atoms with Gasteiger partial charge in [0.05, 0.1) is 33.8 Å². The molecule has 1 aliphatic heterocycles. The lowest BCUT2D eigenvalue weighted by Gasteiger charge is -2.34. The van der Waals surface area contributed by atoms with Crippen molar-refractivity contribution in [1.29, 1.82) is 0 Å². The van der Waals surface area contributed by atoms with Crippen molar-refractivity contribution in [2.45, 2.75) is 32.1 Å². The largest absolute Gasteiger partial charge is 0.353 e. The molecule has 12 heteroatoms. The molecule has 0 atom stereocenters. The molecule has 2 aromatic heterocycles. The van der Waals surface area contributed by atoms with Crippen LogP contribution in [-0.2, 0) is 26.5 Å². The zero-order chi connectivity index (χ0) is 27.5. The van der Waals surface area contributed by atoms with Gasteiger partial charge >= 0.3 is 0 Å². The molecule has 1 fully saturated rings. The number of nitrogens with one attached hydrogen (secondary N) is 1. The highest BCUT2D eigenvalue weighted by Crippen LogP contribution is 2.23. The van der Waals surface area contributed by atoms with Crippen LogP contribution in [0.3, 0.4) is 0 Å². The van der Waals surface area contributed by atoms with E-state index in [9.17, 15) is 16.8 Å². The van der Waals surface area contributed by atoms with Crippen molar-refractivity contribution < 1.29 is 16.8 Å². The van der Waals surface area contributed by atoms with Crippen LogP contribution >= 0.6 is 0 Å². The minimum Gasteiger partial charge on any atom is -0.353 e. The van der Waals surface area contributed by atoms with Gasteiger partial charge in [0.1, 0.15) is 12.1 Å². The third-order valence-corrected chi connectivity index (χ3v) is 8.93. The molecular formula is C26H30N6O4S2. The normalized spacial score (nSPS) is 14.6. The van der Waals surface area contributed by atoms with E-state index in [-0.39, 0.29) is 4.90 Å². The van der Waals surface area contributed by atoms with E-state index in [2.05, 4.69) is 31.5 Å². The number of rotatable bonds is 6. The molecule has 1 saturated heterocycles. The zero-order valence-electron chi connectivity index (χ0n) is 21.8. The Kier molecular flexibility index (Phi) is 8.01. The number of piperazine rings is 1. The van der Waals surface area contributed by atoms with Crippen molar-refractivity contribution in [1.82, 2.24) is 19.3 Å². The fourth-order valence-corrected chi connectivity index (χ4v) is 5.97. The van der Waals surface area contributed by atoms with E-state index in [1.165, 1.54) is 16.9 Å². The van der Waals surface area contributed by atoms with Gasteiger partial charge in [0.2, 0.25) is 10.0 Å². The summed E-state index contributed by atoms with van der Waals surface area (Å²) in [6.45, 7) is 7.29. The van der Waals surface area contributed by atoms with Crippen LogP contribution in [0, 0.1) is 25.7 Å². The molecule has 4 rings (SSSR count). The maximum atomic E-state index is 12.9. The molecule has 38 heavy (non-hydrogen) atoms. The van der Waals surface area contributed by atoms with Gasteiger partial charge in [-0.25, -0.2) is 26.8 Å². The van der Waals surface area contributed by atoms with Crippen LogP contribution < -0.4 is 9.62 Å². The molecule has 1 aliphatic rings. The fourth-order valence-electron chi connectivity index (χ4n) is 4.04. The first-order valence-electron chi connectivity index (χ1n) is 12.1. The van der Waals surface area contributed by atoms with Crippen molar-refractivity contribution in [3.05, 3.63) is 70.9 Å². The summed E-state index contributed by atoms with van der Waals surface area (Å²) in [6, 6.07) is 8.26. The summed E-state index contributed by atoms with van der Waals surface area (Å²) in [5.41, 5.74) is 3.78. The zero-order valence-corrected chi connectivity index (χ0v) is 23.4. The molecule has 0 saturated carbocycles. The van der Waals surface area contributed by atoms with E-state index < -0.39 is 20.0 Å². The first-order valence-corrected chi connectivity index (χ1v) is 15.4. The minimum atomic E-state index is -3.80. The van der Waals surface area contributed by atoms with Crippen LogP contribution in [0.15, 0.2) is 47.8 Å². The molecule has 0 spiro atoms. The van der Waals surface area contributed by atoms with Crippen LogP contribution in [0.25, 0.3) is 0 Å². The Bertz CT molecular complexity index is 1600. The van der Waals surface area contributed by atoms with Crippen LogP contribution in [0.4, 0.5) is 11.5 Å². The van der Waals surface area contributed by atoms with Gasteiger partial charge in [0.15, 0.2) is 0 Å². The summed E-state index contributed by atoms with van der Waals surface area (Å²) in [7, 11) is -7.05. The number of nitrogens with zero attached hydrogens (tertiary/aromatic N) is 5. The van der Waals surface area contributed by atoms with Crippen molar-refractivity contribution in [2.24, 2.45) is 0 Å². The number of anilines is 2. The Morgan fingerprint density at radius 2 is 1.63 bits per heavy atom. The first kappa shape index (κ1) is 27.5. The maximum absolute atomic E-state index is 12.9. The molecule has 3 aromatic rings. The fraction of sp³-hybridized carbons (Fsp3) is 0.346. The second kappa shape index (κ2) is 11.1. The van der Waals surface area contributed by atoms with E-state index in [0.29, 0.717) is 60.9 Å². The molecular weight excluding hydrogens is 524 g/mol. The molecule has 0 radical (unpaired) electrons. The van der Waals surface area contributed by atoms with Gasteiger partial charge < -0.3 is 4.90 Å². The standard InChI is InChI=1S/C26H30N6O4S2/c1-5-24-23(26(29-18-28-24)31-12-14-32(15-13-31)37(4,33)34)11-8-21-16-25(20(3)27-17-21)30-38(35,36)22-9-6-19(2)7-10-22/h6-7,9-10,16-18,30H,5,12-15H2,1-4H3. The summed E-state index contributed by atoms with van der Waals surface area (Å²) < 4.78 is 53.7. The molecule has 0 bridgehead atoms. The summed E-state index contributed by atoms with van der Waals surface area (Å²) in [6.07, 6.45) is 4.93. The number of hydrogen-bond donors (Lipinski definition) is 1. The Hall–Kier alpha value is -3.53. The second-order valence-corrected chi connectivity index (χ2v) is 12.7. The van der Waals surface area contributed by atoms with Gasteiger partial charge in [-0.1, -0.05) is 36.5 Å². The topological polar surface area (TPSA) is 125 Å². The Morgan fingerprint density at radius 3 is 2.26 bits per heavy atom. The molecule has 0 amide bonds. The molecule has 1 aromatic carbocycles. The lowest BCUT2D eigenvalue weighted by molar-refractivity contribution is 0.386. The first-order chi connectivity index (χ1) is 18.0. The van der Waals surface area contributed by atoms with E-state index in [0.717, 1.165) is 11.3 Å². The van der Waals surface area contributed by atoms with Crippen molar-refractivity contribution in [3.8, 4) is 11.8 Å². The van der Waals surface area contributed by atoms with Crippen molar-refractivity contribution >= 4 is 31.6 Å². The van der Waals surface area contributed by atoms with Gasteiger partial charge in [-0.2, -0.15) is 4.31 Å². The lowest BCUT2D eigenvalue weighted by Crippen LogP contribution is -2.48. The highest BCUT2D eigenvalue weighted by molar-refractivity contribution is 7.92. The highest BCUT2D eigenvalue weighted by Gasteiger charge is 2.26. The molecule has 0 unspecified atom stereocenters. The number of sulfonamides is 2. The van der Waals surface area contributed by atoms with Crippen molar-refractivity contribution in [3.63, 3.8) is 0 Å². The van der Waals surface area contributed by atoms with Crippen LogP contribution in [0.1, 0.15) is 35.0 Å². The maximum Gasteiger partial charge on any atom is 0.261 e. The number of benzene rings is 1. The SMILES string of the molecule is CCc1ncnc(N2CCN(S(C)(=O)=O)CC2)c1C#Cc1cnc(C)c(NS(=O)(=O)c2ccc(C)cc2)c1. The van der Waals surface area contributed by atoms with Crippen molar-refractivity contribution in [2.75, 3.05) is 42.1 Å². The third kappa shape index (κ3) is 6.30. The molecule has 1 N–H and O–H groups in total. The van der Waals surface area contributed by atoms with Gasteiger partial charge in [-0.05, 0) is 38.5 Å². The van der Waals surface area contributed by atoms with E-state index in [4.69, 9.17) is 0 Å². The lowest BCUT2D eigenvalue weighted by atomic mass is 10.1. The summed E-state index contributed by atoms with van der Waals surface area (Å²) in [5, 5.41) is 0. The Labute approximate surface area is 224 Å². The number of aryl methyl sites for hydroxylation is 3. The van der Waals surface area contributed by atoms with E-state index in [1.54, 1.807) is 43.5 Å². The molecule has 200 valence electrons.